The minimum atomic E-state index is -0.607. The van der Waals surface area contributed by atoms with E-state index in [-0.39, 0.29) is 23.7 Å². The second-order valence-electron chi connectivity index (χ2n) is 7.11. The van der Waals surface area contributed by atoms with Crippen molar-refractivity contribution in [3.63, 3.8) is 0 Å². The van der Waals surface area contributed by atoms with Crippen molar-refractivity contribution in [2.24, 2.45) is 5.41 Å². The van der Waals surface area contributed by atoms with Crippen molar-refractivity contribution in [1.82, 2.24) is 25.5 Å². The first-order chi connectivity index (χ1) is 11.2. The Morgan fingerprint density at radius 2 is 2.12 bits per heavy atom. The van der Waals surface area contributed by atoms with Crippen molar-refractivity contribution in [1.29, 1.82) is 0 Å². The van der Waals surface area contributed by atoms with Gasteiger partial charge in [-0.1, -0.05) is 20.8 Å². The lowest BCUT2D eigenvalue weighted by Crippen LogP contribution is -2.53. The Morgan fingerprint density at radius 3 is 2.75 bits per heavy atom. The molecule has 1 aliphatic heterocycles. The molecule has 0 fully saturated rings. The third-order valence-corrected chi connectivity index (χ3v) is 4.43. The van der Waals surface area contributed by atoms with Crippen molar-refractivity contribution in [2.45, 2.75) is 52.7 Å². The van der Waals surface area contributed by atoms with Crippen LogP contribution >= 0.6 is 11.6 Å². The molecule has 1 aromatic heterocycles. The lowest BCUT2D eigenvalue weighted by molar-refractivity contribution is -0.131. The number of aromatic nitrogens is 2. The number of carbonyl (C=O) groups is 2. The van der Waals surface area contributed by atoms with Crippen LogP contribution in [0, 0.1) is 5.41 Å². The predicted octanol–water partition coefficient (Wildman–Crippen LogP) is 0.849. The lowest BCUT2D eigenvalue weighted by atomic mass is 9.86. The number of halogens is 1. The summed E-state index contributed by atoms with van der Waals surface area (Å²) in [6, 6.07) is -0.607. The Labute approximate surface area is 147 Å². The van der Waals surface area contributed by atoms with Crippen LogP contribution in [-0.2, 0) is 29.1 Å². The quantitative estimate of drug-likeness (QED) is 0.747. The summed E-state index contributed by atoms with van der Waals surface area (Å²) in [5, 5.41) is 9.14. The Morgan fingerprint density at radius 1 is 1.42 bits per heavy atom. The first kappa shape index (κ1) is 18.7. The van der Waals surface area contributed by atoms with Crippen molar-refractivity contribution in [3.8, 4) is 0 Å². The van der Waals surface area contributed by atoms with Gasteiger partial charge in [0.2, 0.25) is 17.1 Å². The molecule has 3 N–H and O–H groups in total. The number of hydrogen-bond donors (Lipinski definition) is 3. The van der Waals surface area contributed by atoms with Gasteiger partial charge in [0, 0.05) is 20.1 Å². The van der Waals surface area contributed by atoms with E-state index in [0.29, 0.717) is 17.5 Å². The summed E-state index contributed by atoms with van der Waals surface area (Å²) >= 11 is 6.20. The van der Waals surface area contributed by atoms with E-state index < -0.39 is 6.04 Å². The molecule has 7 nitrogen and oxygen atoms in total. The summed E-state index contributed by atoms with van der Waals surface area (Å²) in [5.74, 6) is -0.445. The predicted molar refractivity (Wildman–Crippen MR) is 92.7 cm³/mol. The summed E-state index contributed by atoms with van der Waals surface area (Å²) in [7, 11) is 1.56. The summed E-state index contributed by atoms with van der Waals surface area (Å²) in [5.41, 5.74) is 1.22. The molecular weight excluding hydrogens is 330 g/mol. The summed E-state index contributed by atoms with van der Waals surface area (Å²) in [6.45, 7) is 8.08. The van der Waals surface area contributed by atoms with Crippen LogP contribution < -0.4 is 16.0 Å². The molecule has 0 saturated heterocycles. The zero-order valence-electron chi connectivity index (χ0n) is 14.7. The second kappa shape index (κ2) is 7.53. The monoisotopic (exact) mass is 355 g/mol. The number of carbonyl (C=O) groups excluding carboxylic acids is 2. The van der Waals surface area contributed by atoms with Gasteiger partial charge in [0.15, 0.2) is 0 Å². The van der Waals surface area contributed by atoms with Crippen molar-refractivity contribution in [2.75, 3.05) is 13.6 Å². The maximum absolute atomic E-state index is 12.5. The topological polar surface area (TPSA) is 88.1 Å². The number of amides is 2. The lowest BCUT2D eigenvalue weighted by Gasteiger charge is -2.29. The molecule has 0 unspecified atom stereocenters. The summed E-state index contributed by atoms with van der Waals surface area (Å²) < 4.78 is 1.95. The molecule has 8 heteroatoms. The van der Waals surface area contributed by atoms with Gasteiger partial charge < -0.3 is 20.5 Å². The van der Waals surface area contributed by atoms with Crippen LogP contribution in [0.2, 0.25) is 5.28 Å². The zero-order chi connectivity index (χ0) is 17.9. The van der Waals surface area contributed by atoms with Gasteiger partial charge >= 0.3 is 0 Å². The summed E-state index contributed by atoms with van der Waals surface area (Å²) in [4.78, 5) is 28.9. The molecule has 1 atom stereocenters. The van der Waals surface area contributed by atoms with E-state index in [2.05, 4.69) is 20.9 Å². The Hall–Kier alpha value is -1.60. The fourth-order valence-corrected chi connectivity index (χ4v) is 3.11. The van der Waals surface area contributed by atoms with E-state index in [4.69, 9.17) is 11.6 Å². The Balaban J connectivity index is 2.13. The standard InChI is InChI=1S/C16H26ClN5O2/c1-16(2,3)13(14(24)18-4)21-12(23)8-10-11-9-19-6-5-7-22(11)15(17)20-10/h13,19H,5-9H2,1-4H3,(H,18,24)(H,21,23)/t13-/m1/s1. The van der Waals surface area contributed by atoms with Crippen molar-refractivity contribution < 1.29 is 9.59 Å². The highest BCUT2D eigenvalue weighted by molar-refractivity contribution is 6.28. The Bertz CT molecular complexity index is 621. The normalized spacial score (nSPS) is 16.0. The number of fused-ring (bicyclic) bond motifs is 1. The molecule has 0 bridgehead atoms. The van der Waals surface area contributed by atoms with Crippen molar-refractivity contribution in [3.05, 3.63) is 16.7 Å². The van der Waals surface area contributed by atoms with E-state index in [1.807, 2.05) is 25.3 Å². The molecule has 1 aliphatic rings. The van der Waals surface area contributed by atoms with Crippen LogP contribution in [-0.4, -0.2) is 41.0 Å². The molecular formula is C16H26ClN5O2. The fraction of sp³-hybridized carbons (Fsp3) is 0.688. The van der Waals surface area contributed by atoms with Crippen molar-refractivity contribution >= 4 is 23.4 Å². The SMILES string of the molecule is CNC(=O)[C@@H](NC(=O)Cc1nc(Cl)n2c1CNCCC2)C(C)(C)C. The smallest absolute Gasteiger partial charge is 0.242 e. The zero-order valence-corrected chi connectivity index (χ0v) is 15.5. The molecule has 2 rings (SSSR count). The van der Waals surface area contributed by atoms with Gasteiger partial charge in [-0.2, -0.15) is 0 Å². The van der Waals surface area contributed by atoms with Crippen LogP contribution in [0.1, 0.15) is 38.6 Å². The van der Waals surface area contributed by atoms with E-state index in [1.54, 1.807) is 7.05 Å². The van der Waals surface area contributed by atoms with E-state index in [1.165, 1.54) is 0 Å². The van der Waals surface area contributed by atoms with Gasteiger partial charge in [-0.05, 0) is 30.0 Å². The molecule has 0 saturated carbocycles. The molecule has 134 valence electrons. The number of nitrogens with one attached hydrogen (secondary N) is 3. The second-order valence-corrected chi connectivity index (χ2v) is 7.45. The number of imidazole rings is 1. The minimum absolute atomic E-state index is 0.104. The molecule has 24 heavy (non-hydrogen) atoms. The van der Waals surface area contributed by atoms with Gasteiger partial charge in [-0.25, -0.2) is 4.98 Å². The minimum Gasteiger partial charge on any atom is -0.357 e. The fourth-order valence-electron chi connectivity index (χ4n) is 2.82. The van der Waals surface area contributed by atoms with Crippen LogP contribution in [0.3, 0.4) is 0 Å². The molecule has 2 heterocycles. The number of nitrogens with zero attached hydrogens (tertiary/aromatic N) is 2. The number of rotatable bonds is 4. The van der Waals surface area contributed by atoms with Gasteiger partial charge in [0.25, 0.3) is 0 Å². The third kappa shape index (κ3) is 4.27. The highest BCUT2D eigenvalue weighted by Gasteiger charge is 2.32. The first-order valence-electron chi connectivity index (χ1n) is 8.19. The van der Waals surface area contributed by atoms with Crippen LogP contribution in [0.4, 0.5) is 0 Å². The average molecular weight is 356 g/mol. The largest absolute Gasteiger partial charge is 0.357 e. The maximum Gasteiger partial charge on any atom is 0.242 e. The van der Waals surface area contributed by atoms with Crippen LogP contribution in [0.25, 0.3) is 0 Å². The van der Waals surface area contributed by atoms with Gasteiger partial charge in [0.1, 0.15) is 6.04 Å². The van der Waals surface area contributed by atoms with Crippen LogP contribution in [0.5, 0.6) is 0 Å². The average Bonchev–Trinajstić information content (AvgIpc) is 2.69. The highest BCUT2D eigenvalue weighted by atomic mass is 35.5. The molecule has 0 spiro atoms. The van der Waals surface area contributed by atoms with E-state index in [0.717, 1.165) is 25.2 Å². The van der Waals surface area contributed by atoms with Crippen LogP contribution in [0.15, 0.2) is 0 Å². The first-order valence-corrected chi connectivity index (χ1v) is 8.57. The summed E-state index contributed by atoms with van der Waals surface area (Å²) in [6.07, 6.45) is 1.07. The highest BCUT2D eigenvalue weighted by Crippen LogP contribution is 2.21. The van der Waals surface area contributed by atoms with Gasteiger partial charge in [0.05, 0.1) is 17.8 Å². The molecule has 1 aromatic rings. The molecule has 0 aromatic carbocycles. The molecule has 0 radical (unpaired) electrons. The van der Waals surface area contributed by atoms with Gasteiger partial charge in [-0.15, -0.1) is 0 Å². The number of hydrogen-bond acceptors (Lipinski definition) is 4. The van der Waals surface area contributed by atoms with E-state index >= 15 is 0 Å². The maximum atomic E-state index is 12.5. The molecule has 2 amide bonds. The Kier molecular flexibility index (Phi) is 5.87. The van der Waals surface area contributed by atoms with E-state index in [9.17, 15) is 9.59 Å². The third-order valence-electron chi connectivity index (χ3n) is 4.14. The van der Waals surface area contributed by atoms with Gasteiger partial charge in [-0.3, -0.25) is 9.59 Å². The molecule has 0 aliphatic carbocycles. The number of likely N-dealkylation sites (N-methyl/N-ethyl adjacent to an activating group) is 1.